The Kier molecular flexibility index (Phi) is 7.37. The molecule has 2 atom stereocenters. The van der Waals surface area contributed by atoms with E-state index in [1.807, 2.05) is 6.92 Å². The van der Waals surface area contributed by atoms with E-state index in [0.29, 0.717) is 26.2 Å². The average molecular weight is 372 g/mol. The zero-order chi connectivity index (χ0) is 18.3. The maximum Gasteiger partial charge on any atom is 0.243 e. The Labute approximate surface area is 150 Å². The van der Waals surface area contributed by atoms with Gasteiger partial charge in [-0.05, 0) is 25.5 Å². The largest absolute Gasteiger partial charge is 0.382 e. The molecule has 1 aliphatic rings. The fraction of sp³-hybridized carbons (Fsp3) is 0.588. The number of nitrogens with zero attached hydrogens (tertiary/aromatic N) is 1. The van der Waals surface area contributed by atoms with Crippen molar-refractivity contribution in [3.05, 3.63) is 30.3 Å². The zero-order valence-corrected chi connectivity index (χ0v) is 15.5. The van der Waals surface area contributed by atoms with Crippen molar-refractivity contribution < 1.29 is 24.1 Å². The first kappa shape index (κ1) is 19.8. The number of nitrogens with one attached hydrogen (secondary N) is 1. The van der Waals surface area contributed by atoms with Gasteiger partial charge in [-0.2, -0.15) is 4.31 Å². The van der Waals surface area contributed by atoms with E-state index in [2.05, 4.69) is 5.32 Å². The van der Waals surface area contributed by atoms with Crippen LogP contribution in [0.5, 0.6) is 0 Å². The van der Waals surface area contributed by atoms with Crippen LogP contribution >= 0.6 is 0 Å². The van der Waals surface area contributed by atoms with E-state index in [-0.39, 0.29) is 37.3 Å². The molecule has 0 bridgehead atoms. The van der Waals surface area contributed by atoms with Gasteiger partial charge < -0.3 is 14.8 Å². The Bertz CT molecular complexity index is 656. The van der Waals surface area contributed by atoms with Crippen LogP contribution in [0.1, 0.15) is 21.2 Å². The number of amides is 1. The second-order valence-corrected chi connectivity index (χ2v) is 7.98. The van der Waals surface area contributed by atoms with Gasteiger partial charge in [-0.15, -0.1) is 0 Å². The Morgan fingerprint density at radius 1 is 1.28 bits per heavy atom. The number of sulfonamides is 1. The summed E-state index contributed by atoms with van der Waals surface area (Å²) in [4.78, 5) is 12.3. The molecule has 0 aliphatic carbocycles. The molecule has 1 fully saturated rings. The quantitative estimate of drug-likeness (QED) is 0.660. The minimum absolute atomic E-state index is 0. The molecule has 1 amide bonds. The highest BCUT2D eigenvalue weighted by Crippen LogP contribution is 2.25. The van der Waals surface area contributed by atoms with Crippen LogP contribution in [-0.4, -0.2) is 64.2 Å². The molecule has 142 valence electrons. The van der Waals surface area contributed by atoms with E-state index in [4.69, 9.17) is 9.47 Å². The van der Waals surface area contributed by atoms with Gasteiger partial charge in [0.15, 0.2) is 0 Å². The summed E-state index contributed by atoms with van der Waals surface area (Å²) >= 11 is 0. The van der Waals surface area contributed by atoms with Gasteiger partial charge in [0.2, 0.25) is 15.9 Å². The van der Waals surface area contributed by atoms with Crippen molar-refractivity contribution in [3.8, 4) is 0 Å². The fourth-order valence-electron chi connectivity index (χ4n) is 2.88. The Balaban J connectivity index is 0.00000338. The lowest BCUT2D eigenvalue weighted by Gasteiger charge is -2.20. The minimum atomic E-state index is -3.54. The summed E-state index contributed by atoms with van der Waals surface area (Å²) in [5.74, 6) is -0.131. The highest BCUT2D eigenvalue weighted by molar-refractivity contribution is 7.89. The molecule has 0 spiro atoms. The smallest absolute Gasteiger partial charge is 0.243 e. The van der Waals surface area contributed by atoms with Crippen molar-refractivity contribution in [2.75, 3.05) is 33.5 Å². The number of hydrogen-bond acceptors (Lipinski definition) is 5. The van der Waals surface area contributed by atoms with Crippen LogP contribution in [-0.2, 0) is 24.3 Å². The van der Waals surface area contributed by atoms with Crippen LogP contribution in [0.3, 0.4) is 0 Å². The summed E-state index contributed by atoms with van der Waals surface area (Å²) in [5, 5.41) is 2.90. The van der Waals surface area contributed by atoms with Gasteiger partial charge in [0.05, 0.1) is 24.7 Å². The summed E-state index contributed by atoms with van der Waals surface area (Å²) in [6, 6.07) is 8.03. The molecule has 0 unspecified atom stereocenters. The molecule has 0 aromatic heterocycles. The molecular weight excluding hydrogens is 344 g/mol. The van der Waals surface area contributed by atoms with E-state index in [1.165, 1.54) is 4.31 Å². The third-order valence-electron chi connectivity index (χ3n) is 4.14. The number of ether oxygens (including phenoxy) is 2. The zero-order valence-electron chi connectivity index (χ0n) is 14.7. The second-order valence-electron chi connectivity index (χ2n) is 6.09. The number of rotatable bonds is 9. The molecule has 0 radical (unpaired) electrons. The van der Waals surface area contributed by atoms with E-state index >= 15 is 0 Å². The van der Waals surface area contributed by atoms with Crippen molar-refractivity contribution in [3.63, 3.8) is 0 Å². The lowest BCUT2D eigenvalue weighted by molar-refractivity contribution is -0.122. The molecule has 1 aromatic carbocycles. The van der Waals surface area contributed by atoms with Crippen molar-refractivity contribution in [2.45, 2.75) is 36.7 Å². The Morgan fingerprint density at radius 3 is 2.68 bits per heavy atom. The van der Waals surface area contributed by atoms with Crippen LogP contribution in [0, 0.1) is 0 Å². The number of carbonyl (C=O) groups is 1. The first-order valence-electron chi connectivity index (χ1n) is 8.38. The highest BCUT2D eigenvalue weighted by Gasteiger charge is 2.38. The summed E-state index contributed by atoms with van der Waals surface area (Å²) in [6.45, 7) is 3.42. The molecule has 25 heavy (non-hydrogen) atoms. The lowest BCUT2D eigenvalue weighted by atomic mass is 10.2. The molecule has 0 saturated carbocycles. The normalized spacial score (nSPS) is 21.4. The lowest BCUT2D eigenvalue weighted by Crippen LogP contribution is -2.39. The maximum atomic E-state index is 12.7. The third kappa shape index (κ3) is 5.50. The third-order valence-corrected chi connectivity index (χ3v) is 6.13. The number of hydrogen-bond donors (Lipinski definition) is 1. The second kappa shape index (κ2) is 9.28. The summed E-state index contributed by atoms with van der Waals surface area (Å²) < 4.78 is 37.1. The number of benzene rings is 1. The van der Waals surface area contributed by atoms with Crippen LogP contribution < -0.4 is 5.32 Å². The monoisotopic (exact) mass is 372 g/mol. The van der Waals surface area contributed by atoms with E-state index in [0.717, 1.165) is 0 Å². The predicted octanol–water partition coefficient (Wildman–Crippen LogP) is 1.25. The van der Waals surface area contributed by atoms with E-state index in [9.17, 15) is 13.2 Å². The van der Waals surface area contributed by atoms with Gasteiger partial charge in [0, 0.05) is 33.6 Å². The maximum absolute atomic E-state index is 12.7. The van der Waals surface area contributed by atoms with Crippen molar-refractivity contribution in [2.24, 2.45) is 0 Å². The topological polar surface area (TPSA) is 84.9 Å². The first-order chi connectivity index (χ1) is 11.9. The Morgan fingerprint density at radius 2 is 2.00 bits per heavy atom. The van der Waals surface area contributed by atoms with Crippen LogP contribution in [0.15, 0.2) is 35.2 Å². The van der Waals surface area contributed by atoms with Gasteiger partial charge in [-0.3, -0.25) is 4.79 Å². The first-order valence-corrected chi connectivity index (χ1v) is 9.82. The molecule has 7 nitrogen and oxygen atoms in total. The summed E-state index contributed by atoms with van der Waals surface area (Å²) in [7, 11) is -1.95. The van der Waals surface area contributed by atoms with Gasteiger partial charge in [0.1, 0.15) is 0 Å². The number of carbonyl (C=O) groups excluding carboxylic acids is 1. The molecule has 1 aromatic rings. The van der Waals surface area contributed by atoms with Gasteiger partial charge in [0.25, 0.3) is 0 Å². The fourth-order valence-corrected chi connectivity index (χ4v) is 4.59. The highest BCUT2D eigenvalue weighted by atomic mass is 32.2. The van der Waals surface area contributed by atoms with Crippen molar-refractivity contribution in [1.29, 1.82) is 0 Å². The van der Waals surface area contributed by atoms with Gasteiger partial charge in [-0.25, -0.2) is 8.42 Å². The van der Waals surface area contributed by atoms with E-state index < -0.39 is 10.0 Å². The van der Waals surface area contributed by atoms with Crippen LogP contribution in [0.4, 0.5) is 0 Å². The number of methoxy groups -OCH3 is 1. The molecule has 1 N–H and O–H groups in total. The SMILES string of the molecule is COCCOCCC(=O)N[C@H]1C[C@@H](C)N(S(=O)(=O)c2ccccc2)C1.[HH]. The minimum Gasteiger partial charge on any atom is -0.382 e. The van der Waals surface area contributed by atoms with Crippen LogP contribution in [0.25, 0.3) is 0 Å². The summed E-state index contributed by atoms with van der Waals surface area (Å²) in [5.41, 5.74) is 0. The molecular formula is C17H28N2O5S. The van der Waals surface area contributed by atoms with E-state index in [1.54, 1.807) is 37.4 Å². The van der Waals surface area contributed by atoms with Gasteiger partial charge in [-0.1, -0.05) is 18.2 Å². The average Bonchev–Trinajstić information content (AvgIpc) is 2.96. The van der Waals surface area contributed by atoms with Gasteiger partial charge >= 0.3 is 0 Å². The molecule has 2 rings (SSSR count). The molecule has 1 saturated heterocycles. The van der Waals surface area contributed by atoms with Crippen molar-refractivity contribution in [1.82, 2.24) is 9.62 Å². The predicted molar refractivity (Wildman–Crippen MR) is 95.8 cm³/mol. The van der Waals surface area contributed by atoms with Crippen LogP contribution in [0.2, 0.25) is 0 Å². The molecule has 1 heterocycles. The van der Waals surface area contributed by atoms with Crippen molar-refractivity contribution >= 4 is 15.9 Å². The summed E-state index contributed by atoms with van der Waals surface area (Å²) in [6.07, 6.45) is 0.850. The Hall–Kier alpha value is -1.48. The standard InChI is InChI=1S/C17H26N2O5S.H2/c1-14-12-15(18-17(20)8-9-24-11-10-23-2)13-19(14)25(21,22)16-6-4-3-5-7-16;/h3-7,14-15H,8-13H2,1-2H3,(H,18,20);1H/t14-,15+;/m1./s1. The molecule has 1 aliphatic heterocycles. The molecule has 8 heteroatoms.